The summed E-state index contributed by atoms with van der Waals surface area (Å²) in [6, 6.07) is 7.34. The van der Waals surface area contributed by atoms with E-state index in [4.69, 9.17) is 9.84 Å². The number of likely N-dealkylation sites (N-methyl/N-ethyl adjacent to an activating group) is 1. The average molecular weight is 250 g/mol. The van der Waals surface area contributed by atoms with Crippen molar-refractivity contribution in [1.82, 2.24) is 10.2 Å². The molecule has 5 heteroatoms. The topological polar surface area (TPSA) is 61.8 Å². The molecule has 0 spiro atoms. The summed E-state index contributed by atoms with van der Waals surface area (Å²) >= 11 is 0. The Bertz CT molecular complexity index is 422. The Balaban J connectivity index is 2.05. The van der Waals surface area contributed by atoms with Crippen molar-refractivity contribution < 1.29 is 14.6 Å². The molecule has 0 saturated carbocycles. The quantitative estimate of drug-likeness (QED) is 0.817. The van der Waals surface area contributed by atoms with Crippen LogP contribution in [0.3, 0.4) is 0 Å². The zero-order chi connectivity index (χ0) is 13.0. The third kappa shape index (κ3) is 3.00. The Morgan fingerprint density at radius 3 is 3.06 bits per heavy atom. The van der Waals surface area contributed by atoms with Gasteiger partial charge in [-0.1, -0.05) is 18.2 Å². The Kier molecular flexibility index (Phi) is 4.17. The van der Waals surface area contributed by atoms with E-state index >= 15 is 0 Å². The van der Waals surface area contributed by atoms with Crippen LogP contribution in [-0.4, -0.2) is 48.8 Å². The van der Waals surface area contributed by atoms with Crippen LogP contribution in [0.2, 0.25) is 0 Å². The van der Waals surface area contributed by atoms with Gasteiger partial charge < -0.3 is 15.2 Å². The van der Waals surface area contributed by atoms with Gasteiger partial charge in [-0.3, -0.25) is 9.69 Å². The third-order valence-electron chi connectivity index (χ3n) is 3.12. The number of ether oxygens (including phenoxy) is 1. The number of hydrogen-bond donors (Lipinski definition) is 2. The van der Waals surface area contributed by atoms with Crippen LogP contribution in [0.4, 0.5) is 0 Å². The van der Waals surface area contributed by atoms with E-state index < -0.39 is 12.0 Å². The SMILES string of the molecule is CNC(CN1CCOc2ccccc2C1)C(=O)O. The minimum Gasteiger partial charge on any atom is -0.492 e. The van der Waals surface area contributed by atoms with E-state index in [1.807, 2.05) is 24.3 Å². The summed E-state index contributed by atoms with van der Waals surface area (Å²) in [7, 11) is 1.67. The van der Waals surface area contributed by atoms with Crippen LogP contribution < -0.4 is 10.1 Å². The number of para-hydroxylation sites is 1. The minimum absolute atomic E-state index is 0.476. The number of carboxylic acids is 1. The fourth-order valence-electron chi connectivity index (χ4n) is 2.09. The molecular formula is C13H18N2O3. The van der Waals surface area contributed by atoms with E-state index in [9.17, 15) is 4.79 Å². The molecule has 0 amide bonds. The van der Waals surface area contributed by atoms with E-state index in [1.54, 1.807) is 7.05 Å². The Morgan fingerprint density at radius 1 is 1.56 bits per heavy atom. The van der Waals surface area contributed by atoms with Gasteiger partial charge in [0.15, 0.2) is 0 Å². The Hall–Kier alpha value is -1.59. The number of aliphatic carboxylic acids is 1. The maximum absolute atomic E-state index is 11.0. The largest absolute Gasteiger partial charge is 0.492 e. The average Bonchev–Trinajstić information content (AvgIpc) is 2.57. The molecule has 2 rings (SSSR count). The van der Waals surface area contributed by atoms with E-state index in [1.165, 1.54) is 0 Å². The highest BCUT2D eigenvalue weighted by Crippen LogP contribution is 2.22. The number of benzene rings is 1. The third-order valence-corrected chi connectivity index (χ3v) is 3.12. The molecule has 1 atom stereocenters. The van der Waals surface area contributed by atoms with Gasteiger partial charge in [0.25, 0.3) is 0 Å². The van der Waals surface area contributed by atoms with Crippen LogP contribution in [0, 0.1) is 0 Å². The fourth-order valence-corrected chi connectivity index (χ4v) is 2.09. The van der Waals surface area contributed by atoms with E-state index in [0.717, 1.165) is 24.4 Å². The molecule has 2 N–H and O–H groups in total. The maximum atomic E-state index is 11.0. The number of rotatable bonds is 4. The summed E-state index contributed by atoms with van der Waals surface area (Å²) in [5.74, 6) is 0.0762. The summed E-state index contributed by atoms with van der Waals surface area (Å²) < 4.78 is 5.64. The Morgan fingerprint density at radius 2 is 2.33 bits per heavy atom. The molecule has 0 radical (unpaired) electrons. The fraction of sp³-hybridized carbons (Fsp3) is 0.462. The molecule has 0 bridgehead atoms. The highest BCUT2D eigenvalue weighted by molar-refractivity contribution is 5.73. The van der Waals surface area contributed by atoms with E-state index in [2.05, 4.69) is 10.2 Å². The predicted octanol–water partition coefficient (Wildman–Crippen LogP) is 0.554. The second-order valence-corrected chi connectivity index (χ2v) is 4.37. The first kappa shape index (κ1) is 12.9. The molecule has 1 unspecified atom stereocenters. The van der Waals surface area contributed by atoms with Crippen LogP contribution in [0.25, 0.3) is 0 Å². The maximum Gasteiger partial charge on any atom is 0.322 e. The highest BCUT2D eigenvalue weighted by Gasteiger charge is 2.21. The monoisotopic (exact) mass is 250 g/mol. The van der Waals surface area contributed by atoms with Crippen molar-refractivity contribution >= 4 is 5.97 Å². The summed E-state index contributed by atoms with van der Waals surface area (Å²) in [4.78, 5) is 13.1. The van der Waals surface area contributed by atoms with Gasteiger partial charge in [0.05, 0.1) is 0 Å². The molecule has 98 valence electrons. The number of carbonyl (C=O) groups is 1. The summed E-state index contributed by atoms with van der Waals surface area (Å²) in [6.07, 6.45) is 0. The zero-order valence-corrected chi connectivity index (χ0v) is 10.4. The lowest BCUT2D eigenvalue weighted by Gasteiger charge is -2.23. The van der Waals surface area contributed by atoms with Crippen molar-refractivity contribution in [1.29, 1.82) is 0 Å². The van der Waals surface area contributed by atoms with Crippen LogP contribution in [0.5, 0.6) is 5.75 Å². The number of fused-ring (bicyclic) bond motifs is 1. The van der Waals surface area contributed by atoms with Crippen LogP contribution in [-0.2, 0) is 11.3 Å². The molecule has 0 fully saturated rings. The lowest BCUT2D eigenvalue weighted by molar-refractivity contribution is -0.139. The Labute approximate surface area is 106 Å². The molecule has 1 aliphatic rings. The van der Waals surface area contributed by atoms with Gasteiger partial charge in [-0.25, -0.2) is 0 Å². The molecule has 1 heterocycles. The van der Waals surface area contributed by atoms with Crippen molar-refractivity contribution in [2.45, 2.75) is 12.6 Å². The summed E-state index contributed by atoms with van der Waals surface area (Å²) in [5, 5.41) is 11.9. The normalized spacial score (nSPS) is 17.4. The molecule has 1 aliphatic heterocycles. The first-order chi connectivity index (χ1) is 8.70. The first-order valence-electron chi connectivity index (χ1n) is 6.04. The zero-order valence-electron chi connectivity index (χ0n) is 10.4. The molecule has 0 saturated heterocycles. The van der Waals surface area contributed by atoms with Crippen LogP contribution >= 0.6 is 0 Å². The summed E-state index contributed by atoms with van der Waals surface area (Å²) in [6.45, 7) is 2.53. The second-order valence-electron chi connectivity index (χ2n) is 4.37. The first-order valence-corrected chi connectivity index (χ1v) is 6.04. The number of nitrogens with one attached hydrogen (secondary N) is 1. The molecule has 0 aromatic heterocycles. The lowest BCUT2D eigenvalue weighted by atomic mass is 10.2. The van der Waals surface area contributed by atoms with Gasteiger partial charge in [0.2, 0.25) is 0 Å². The van der Waals surface area contributed by atoms with Crippen LogP contribution in [0.15, 0.2) is 24.3 Å². The van der Waals surface area contributed by atoms with Gasteiger partial charge in [0, 0.05) is 25.2 Å². The molecule has 0 aliphatic carbocycles. The number of hydrogen-bond acceptors (Lipinski definition) is 4. The van der Waals surface area contributed by atoms with Gasteiger partial charge >= 0.3 is 5.97 Å². The molecule has 5 nitrogen and oxygen atoms in total. The van der Waals surface area contributed by atoms with E-state index in [-0.39, 0.29) is 0 Å². The number of carboxylic acid groups (broad SMARTS) is 1. The lowest BCUT2D eigenvalue weighted by Crippen LogP contribution is -2.44. The van der Waals surface area contributed by atoms with Crippen molar-refractivity contribution in [2.24, 2.45) is 0 Å². The standard InChI is InChI=1S/C13H18N2O3/c1-14-11(13(16)17)9-15-6-7-18-12-5-3-2-4-10(12)8-15/h2-5,11,14H,6-9H2,1H3,(H,16,17). The van der Waals surface area contributed by atoms with Gasteiger partial charge in [-0.15, -0.1) is 0 Å². The van der Waals surface area contributed by atoms with Crippen molar-refractivity contribution in [2.75, 3.05) is 26.7 Å². The molecule has 18 heavy (non-hydrogen) atoms. The van der Waals surface area contributed by atoms with Gasteiger partial charge in [0.1, 0.15) is 18.4 Å². The molecular weight excluding hydrogens is 232 g/mol. The van der Waals surface area contributed by atoms with Gasteiger partial charge in [-0.05, 0) is 13.1 Å². The van der Waals surface area contributed by atoms with Crippen molar-refractivity contribution in [3.05, 3.63) is 29.8 Å². The number of nitrogens with zero attached hydrogens (tertiary/aromatic N) is 1. The van der Waals surface area contributed by atoms with Crippen molar-refractivity contribution in [3.63, 3.8) is 0 Å². The minimum atomic E-state index is -0.823. The van der Waals surface area contributed by atoms with Gasteiger partial charge in [-0.2, -0.15) is 0 Å². The van der Waals surface area contributed by atoms with Crippen LogP contribution in [0.1, 0.15) is 5.56 Å². The molecule has 1 aromatic rings. The van der Waals surface area contributed by atoms with Crippen molar-refractivity contribution in [3.8, 4) is 5.75 Å². The highest BCUT2D eigenvalue weighted by atomic mass is 16.5. The summed E-state index contributed by atoms with van der Waals surface area (Å²) in [5.41, 5.74) is 1.11. The smallest absolute Gasteiger partial charge is 0.322 e. The van der Waals surface area contributed by atoms with E-state index in [0.29, 0.717) is 13.2 Å². The molecule has 1 aromatic carbocycles. The predicted molar refractivity (Wildman–Crippen MR) is 67.7 cm³/mol. The second kappa shape index (κ2) is 5.84.